The van der Waals surface area contributed by atoms with Gasteiger partial charge in [-0.3, -0.25) is 5.41 Å². The van der Waals surface area contributed by atoms with E-state index in [1.165, 1.54) is 5.56 Å². The smallest absolute Gasteiger partial charge is 0.252 e. The van der Waals surface area contributed by atoms with E-state index in [1.54, 1.807) is 4.90 Å². The second-order valence-corrected chi connectivity index (χ2v) is 7.59. The molecule has 2 heterocycles. The van der Waals surface area contributed by atoms with Crippen LogP contribution in [0, 0.1) is 19.3 Å². The Hall–Kier alpha value is -3.39. The number of nitrogens with one attached hydrogen (secondary N) is 1. The minimum absolute atomic E-state index is 0.123. The molecule has 1 fully saturated rings. The Kier molecular flexibility index (Phi) is 5.41. The number of hydrogen-bond acceptors (Lipinski definition) is 6. The molecule has 0 bridgehead atoms. The van der Waals surface area contributed by atoms with Crippen LogP contribution in [0.5, 0.6) is 5.75 Å². The van der Waals surface area contributed by atoms with Gasteiger partial charge in [0, 0.05) is 12.1 Å². The molecule has 0 aliphatic carbocycles. The van der Waals surface area contributed by atoms with E-state index in [1.807, 2.05) is 25.1 Å². The second-order valence-electron chi connectivity index (χ2n) is 7.59. The first kappa shape index (κ1) is 19.9. The van der Waals surface area contributed by atoms with Gasteiger partial charge >= 0.3 is 0 Å². The second kappa shape index (κ2) is 8.16. The first-order valence-corrected chi connectivity index (χ1v) is 9.84. The Morgan fingerprint density at radius 3 is 2.73 bits per heavy atom. The first-order chi connectivity index (χ1) is 14.4. The van der Waals surface area contributed by atoms with Crippen LogP contribution < -0.4 is 10.5 Å². The Labute approximate surface area is 174 Å². The summed E-state index contributed by atoms with van der Waals surface area (Å²) in [5, 5.41) is 22.0. The number of aliphatic hydroxyl groups is 1. The van der Waals surface area contributed by atoms with Crippen molar-refractivity contribution < 1.29 is 14.4 Å². The molecule has 0 saturated carbocycles. The molecule has 2 atom stereocenters. The Bertz CT molecular complexity index is 1050. The van der Waals surface area contributed by atoms with Gasteiger partial charge in [-0.1, -0.05) is 35.0 Å². The van der Waals surface area contributed by atoms with Crippen molar-refractivity contribution >= 4 is 5.96 Å². The number of benzene rings is 2. The van der Waals surface area contributed by atoms with Crippen molar-refractivity contribution in [2.75, 3.05) is 6.54 Å². The molecule has 8 nitrogen and oxygen atoms in total. The van der Waals surface area contributed by atoms with Crippen molar-refractivity contribution in [3.8, 4) is 17.1 Å². The summed E-state index contributed by atoms with van der Waals surface area (Å²) in [6.45, 7) is 4.99. The average Bonchev–Trinajstić information content (AvgIpc) is 3.35. The summed E-state index contributed by atoms with van der Waals surface area (Å²) in [5.74, 6) is 1.34. The number of guanidine groups is 1. The third kappa shape index (κ3) is 3.99. The number of nitrogens with zero attached hydrogens (tertiary/aromatic N) is 3. The minimum Gasteiger partial charge on any atom is -0.489 e. The maximum absolute atomic E-state index is 10.3. The highest BCUT2D eigenvalue weighted by atomic mass is 16.5. The zero-order chi connectivity index (χ0) is 21.3. The zero-order valence-corrected chi connectivity index (χ0v) is 17.0. The van der Waals surface area contributed by atoms with Crippen molar-refractivity contribution in [2.45, 2.75) is 39.0 Å². The molecule has 0 spiro atoms. The normalized spacial score (nSPS) is 18.6. The number of likely N-dealkylation sites (tertiary alicyclic amines) is 1. The molecular formula is C22H25N5O3. The van der Waals surface area contributed by atoms with Crippen LogP contribution in [0.1, 0.15) is 35.0 Å². The van der Waals surface area contributed by atoms with Gasteiger partial charge in [-0.05, 0) is 49.6 Å². The average molecular weight is 407 g/mol. The van der Waals surface area contributed by atoms with Gasteiger partial charge in [0.25, 0.3) is 5.89 Å². The zero-order valence-electron chi connectivity index (χ0n) is 17.0. The molecule has 2 aromatic carbocycles. The van der Waals surface area contributed by atoms with E-state index in [4.69, 9.17) is 20.4 Å². The standard InChI is InChI=1S/C22H25N5O3/c1-13-3-5-15(6-4-13)12-29-18-8-7-16(11-14(18)2)20-25-21(30-26-20)19-17(28)9-10-27(19)22(23)24/h3-8,11,17,19,28H,9-10,12H2,1-2H3,(H3,23,24)/t17-,19-/m0/s1. The molecule has 4 N–H and O–H groups in total. The number of aliphatic hydroxyl groups excluding tert-OH is 1. The fourth-order valence-corrected chi connectivity index (χ4v) is 3.61. The third-order valence-electron chi connectivity index (χ3n) is 5.32. The number of nitrogens with two attached hydrogens (primary N) is 1. The van der Waals surface area contributed by atoms with Crippen molar-refractivity contribution in [2.24, 2.45) is 5.73 Å². The van der Waals surface area contributed by atoms with Crippen LogP contribution in [0.15, 0.2) is 47.0 Å². The summed E-state index contributed by atoms with van der Waals surface area (Å²) in [4.78, 5) is 6.01. The van der Waals surface area contributed by atoms with Crippen molar-refractivity contribution in [3.05, 3.63) is 65.0 Å². The summed E-state index contributed by atoms with van der Waals surface area (Å²) in [6.07, 6.45) is -0.213. The minimum atomic E-state index is -0.707. The molecule has 0 unspecified atom stereocenters. The SMILES string of the molecule is Cc1ccc(COc2ccc(-c3noc([C@@H]4[C@@H](O)CCN4C(=N)N)n3)cc2C)cc1. The summed E-state index contributed by atoms with van der Waals surface area (Å²) >= 11 is 0. The molecule has 30 heavy (non-hydrogen) atoms. The fourth-order valence-electron chi connectivity index (χ4n) is 3.61. The number of rotatable bonds is 5. The van der Waals surface area contributed by atoms with Gasteiger partial charge in [-0.2, -0.15) is 4.98 Å². The number of hydrogen-bond donors (Lipinski definition) is 3. The van der Waals surface area contributed by atoms with Gasteiger partial charge < -0.3 is 25.0 Å². The summed E-state index contributed by atoms with van der Waals surface area (Å²) in [5.41, 5.74) is 9.68. The van der Waals surface area contributed by atoms with Crippen LogP contribution in [-0.4, -0.2) is 38.8 Å². The number of ether oxygens (including phenoxy) is 1. The molecule has 3 aromatic rings. The summed E-state index contributed by atoms with van der Waals surface area (Å²) < 4.78 is 11.3. The fraction of sp³-hybridized carbons (Fsp3) is 0.318. The van der Waals surface area contributed by atoms with E-state index in [-0.39, 0.29) is 11.9 Å². The van der Waals surface area contributed by atoms with Crippen LogP contribution in [-0.2, 0) is 6.61 Å². The number of aromatic nitrogens is 2. The topological polar surface area (TPSA) is 121 Å². The lowest BCUT2D eigenvalue weighted by molar-refractivity contribution is 0.118. The van der Waals surface area contributed by atoms with Gasteiger partial charge in [-0.25, -0.2) is 0 Å². The van der Waals surface area contributed by atoms with E-state index in [0.29, 0.717) is 25.4 Å². The van der Waals surface area contributed by atoms with E-state index in [9.17, 15) is 5.11 Å². The maximum Gasteiger partial charge on any atom is 0.252 e. The molecular weight excluding hydrogens is 382 g/mol. The highest BCUT2D eigenvalue weighted by Crippen LogP contribution is 2.32. The van der Waals surface area contributed by atoms with Crippen molar-refractivity contribution in [1.82, 2.24) is 15.0 Å². The lowest BCUT2D eigenvalue weighted by Crippen LogP contribution is -2.37. The molecule has 4 rings (SSSR count). The van der Waals surface area contributed by atoms with E-state index < -0.39 is 12.1 Å². The molecule has 0 radical (unpaired) electrons. The van der Waals surface area contributed by atoms with Gasteiger partial charge in [0.15, 0.2) is 5.96 Å². The molecule has 1 saturated heterocycles. The van der Waals surface area contributed by atoms with Crippen LogP contribution >= 0.6 is 0 Å². The van der Waals surface area contributed by atoms with Crippen molar-refractivity contribution in [1.29, 1.82) is 5.41 Å². The van der Waals surface area contributed by atoms with Gasteiger partial charge in [0.05, 0.1) is 6.10 Å². The van der Waals surface area contributed by atoms with Crippen molar-refractivity contribution in [3.63, 3.8) is 0 Å². The predicted molar refractivity (Wildman–Crippen MR) is 112 cm³/mol. The Balaban J connectivity index is 1.49. The number of aryl methyl sites for hydroxylation is 2. The molecule has 8 heteroatoms. The molecule has 156 valence electrons. The van der Waals surface area contributed by atoms with Gasteiger partial charge in [-0.15, -0.1) is 0 Å². The Morgan fingerprint density at radius 1 is 1.27 bits per heavy atom. The largest absolute Gasteiger partial charge is 0.489 e. The van der Waals surface area contributed by atoms with Crippen LogP contribution in [0.25, 0.3) is 11.4 Å². The van der Waals surface area contributed by atoms with Crippen LogP contribution in [0.3, 0.4) is 0 Å². The predicted octanol–water partition coefficient (Wildman–Crippen LogP) is 2.93. The third-order valence-corrected chi connectivity index (χ3v) is 5.32. The highest BCUT2D eigenvalue weighted by Gasteiger charge is 2.39. The molecule has 0 amide bonds. The molecule has 1 aliphatic rings. The maximum atomic E-state index is 10.3. The van der Waals surface area contributed by atoms with E-state index >= 15 is 0 Å². The Morgan fingerprint density at radius 2 is 2.03 bits per heavy atom. The highest BCUT2D eigenvalue weighted by molar-refractivity contribution is 5.75. The van der Waals surface area contributed by atoms with Crippen LogP contribution in [0.4, 0.5) is 0 Å². The van der Waals surface area contributed by atoms with Crippen LogP contribution in [0.2, 0.25) is 0 Å². The van der Waals surface area contributed by atoms with E-state index in [2.05, 4.69) is 41.3 Å². The molecule has 1 aliphatic heterocycles. The molecule has 1 aromatic heterocycles. The first-order valence-electron chi connectivity index (χ1n) is 9.84. The quantitative estimate of drug-likeness (QED) is 0.439. The van der Waals surface area contributed by atoms with Gasteiger partial charge in [0.2, 0.25) is 5.82 Å². The summed E-state index contributed by atoms with van der Waals surface area (Å²) in [7, 11) is 0. The van der Waals surface area contributed by atoms with E-state index in [0.717, 1.165) is 22.4 Å². The lowest BCUT2D eigenvalue weighted by Gasteiger charge is -2.22. The van der Waals surface area contributed by atoms with Gasteiger partial charge in [0.1, 0.15) is 18.4 Å². The monoisotopic (exact) mass is 407 g/mol. The summed E-state index contributed by atoms with van der Waals surface area (Å²) in [6, 6.07) is 13.4. The lowest BCUT2D eigenvalue weighted by atomic mass is 10.1.